The normalized spacial score (nSPS) is 16.9. The molecule has 1 atom stereocenters. The van der Waals surface area contributed by atoms with E-state index in [1.54, 1.807) is 0 Å². The zero-order chi connectivity index (χ0) is 12.3. The largest absolute Gasteiger partial charge is 0.370 e. The average Bonchev–Trinajstić information content (AvgIpc) is 3.12. The third kappa shape index (κ3) is 3.60. The van der Waals surface area contributed by atoms with Crippen LogP contribution in [0.5, 0.6) is 0 Å². The van der Waals surface area contributed by atoms with Gasteiger partial charge in [0.2, 0.25) is 0 Å². The van der Waals surface area contributed by atoms with Gasteiger partial charge in [0.25, 0.3) is 0 Å². The Kier molecular flexibility index (Phi) is 4.26. The predicted molar refractivity (Wildman–Crippen MR) is 73.8 cm³/mol. The highest BCUT2D eigenvalue weighted by Crippen LogP contribution is 2.39. The summed E-state index contributed by atoms with van der Waals surface area (Å²) in [6.45, 7) is 7.47. The molecule has 0 aliphatic heterocycles. The first-order valence-corrected chi connectivity index (χ1v) is 7.40. The van der Waals surface area contributed by atoms with Crippen molar-refractivity contribution >= 4 is 17.6 Å². The molecule has 1 aliphatic rings. The standard InChI is InChI=1S/C13H21N3S/c1-4-9(3)17-12-8-11(14-5-2)15-13(16-12)10-6-7-10/h8-10H,4-7H2,1-3H3,(H,14,15,16). The van der Waals surface area contributed by atoms with E-state index in [0.29, 0.717) is 11.2 Å². The number of aromatic nitrogens is 2. The summed E-state index contributed by atoms with van der Waals surface area (Å²) in [6.07, 6.45) is 3.68. The van der Waals surface area contributed by atoms with E-state index in [2.05, 4.69) is 42.1 Å². The third-order valence-corrected chi connectivity index (χ3v) is 4.10. The van der Waals surface area contributed by atoms with Crippen molar-refractivity contribution in [2.45, 2.75) is 56.2 Å². The molecule has 0 bridgehead atoms. The van der Waals surface area contributed by atoms with Gasteiger partial charge in [-0.15, -0.1) is 11.8 Å². The summed E-state index contributed by atoms with van der Waals surface area (Å²) >= 11 is 1.85. The number of anilines is 1. The van der Waals surface area contributed by atoms with Gasteiger partial charge in [-0.05, 0) is 26.2 Å². The fraction of sp³-hybridized carbons (Fsp3) is 0.692. The highest BCUT2D eigenvalue weighted by Gasteiger charge is 2.27. The molecule has 1 aromatic rings. The number of hydrogen-bond acceptors (Lipinski definition) is 4. The molecule has 1 unspecified atom stereocenters. The second-order valence-electron chi connectivity index (χ2n) is 4.59. The van der Waals surface area contributed by atoms with Crippen molar-refractivity contribution in [1.82, 2.24) is 9.97 Å². The van der Waals surface area contributed by atoms with Gasteiger partial charge in [0, 0.05) is 23.8 Å². The van der Waals surface area contributed by atoms with Gasteiger partial charge in [-0.1, -0.05) is 13.8 Å². The van der Waals surface area contributed by atoms with Crippen LogP contribution in [0.3, 0.4) is 0 Å². The summed E-state index contributed by atoms with van der Waals surface area (Å²) in [4.78, 5) is 9.26. The van der Waals surface area contributed by atoms with Crippen molar-refractivity contribution in [3.05, 3.63) is 11.9 Å². The summed E-state index contributed by atoms with van der Waals surface area (Å²) in [5.74, 6) is 2.63. The van der Waals surface area contributed by atoms with E-state index in [9.17, 15) is 0 Å². The zero-order valence-corrected chi connectivity index (χ0v) is 11.7. The van der Waals surface area contributed by atoms with Crippen LogP contribution in [0.15, 0.2) is 11.1 Å². The smallest absolute Gasteiger partial charge is 0.135 e. The summed E-state index contributed by atoms with van der Waals surface area (Å²) in [7, 11) is 0. The fourth-order valence-electron chi connectivity index (χ4n) is 1.59. The van der Waals surface area contributed by atoms with E-state index >= 15 is 0 Å². The molecule has 0 aromatic carbocycles. The van der Waals surface area contributed by atoms with Gasteiger partial charge in [-0.25, -0.2) is 9.97 Å². The van der Waals surface area contributed by atoms with Crippen molar-refractivity contribution in [2.24, 2.45) is 0 Å². The number of hydrogen-bond donors (Lipinski definition) is 1. The minimum Gasteiger partial charge on any atom is -0.370 e. The SMILES string of the molecule is CCNc1cc(SC(C)CC)nc(C2CC2)n1. The highest BCUT2D eigenvalue weighted by atomic mass is 32.2. The van der Waals surface area contributed by atoms with E-state index in [4.69, 9.17) is 0 Å². The second kappa shape index (κ2) is 5.71. The maximum Gasteiger partial charge on any atom is 0.135 e. The summed E-state index contributed by atoms with van der Waals surface area (Å²) in [5.41, 5.74) is 0. The Labute approximate surface area is 108 Å². The van der Waals surface area contributed by atoms with Crippen molar-refractivity contribution in [3.8, 4) is 0 Å². The maximum absolute atomic E-state index is 4.68. The minimum atomic E-state index is 0.616. The Morgan fingerprint density at radius 1 is 1.41 bits per heavy atom. The molecule has 0 radical (unpaired) electrons. The molecule has 1 aliphatic carbocycles. The van der Waals surface area contributed by atoms with Crippen LogP contribution in [-0.2, 0) is 0 Å². The lowest BCUT2D eigenvalue weighted by molar-refractivity contribution is 0.862. The lowest BCUT2D eigenvalue weighted by atomic mass is 10.4. The maximum atomic E-state index is 4.68. The molecule has 94 valence electrons. The first kappa shape index (κ1) is 12.7. The molecule has 17 heavy (non-hydrogen) atoms. The molecule has 1 heterocycles. The predicted octanol–water partition coefficient (Wildman–Crippen LogP) is 3.68. The molecule has 3 nitrogen and oxygen atoms in total. The number of thioether (sulfide) groups is 1. The Morgan fingerprint density at radius 3 is 2.76 bits per heavy atom. The van der Waals surface area contributed by atoms with Gasteiger partial charge in [0.1, 0.15) is 16.7 Å². The second-order valence-corrected chi connectivity index (χ2v) is 6.05. The van der Waals surface area contributed by atoms with Crippen LogP contribution in [0, 0.1) is 0 Å². The third-order valence-electron chi connectivity index (χ3n) is 2.92. The lowest BCUT2D eigenvalue weighted by Crippen LogP contribution is -2.04. The summed E-state index contributed by atoms with van der Waals surface area (Å²) in [6, 6.07) is 2.08. The van der Waals surface area contributed by atoms with E-state index in [1.165, 1.54) is 19.3 Å². The fourth-order valence-corrected chi connectivity index (χ4v) is 2.49. The number of rotatable bonds is 6. The van der Waals surface area contributed by atoms with Gasteiger partial charge in [0.15, 0.2) is 0 Å². The topological polar surface area (TPSA) is 37.8 Å². The Bertz CT molecular complexity index is 377. The van der Waals surface area contributed by atoms with Crippen molar-refractivity contribution in [2.75, 3.05) is 11.9 Å². The first-order valence-electron chi connectivity index (χ1n) is 6.52. The molecular weight excluding hydrogens is 230 g/mol. The van der Waals surface area contributed by atoms with E-state index < -0.39 is 0 Å². The van der Waals surface area contributed by atoms with Crippen LogP contribution in [0.1, 0.15) is 51.8 Å². The quantitative estimate of drug-likeness (QED) is 0.618. The Hall–Kier alpha value is -0.770. The zero-order valence-electron chi connectivity index (χ0n) is 10.9. The van der Waals surface area contributed by atoms with Crippen molar-refractivity contribution < 1.29 is 0 Å². The molecule has 1 fully saturated rings. The minimum absolute atomic E-state index is 0.616. The molecule has 0 saturated heterocycles. The summed E-state index contributed by atoms with van der Waals surface area (Å²) < 4.78 is 0. The van der Waals surface area contributed by atoms with Gasteiger partial charge >= 0.3 is 0 Å². The van der Waals surface area contributed by atoms with E-state index in [1.807, 2.05) is 11.8 Å². The molecule has 4 heteroatoms. The highest BCUT2D eigenvalue weighted by molar-refractivity contribution is 7.99. The van der Waals surface area contributed by atoms with E-state index in [-0.39, 0.29) is 0 Å². The molecule has 0 spiro atoms. The Morgan fingerprint density at radius 2 is 2.18 bits per heavy atom. The lowest BCUT2D eigenvalue weighted by Gasteiger charge is -2.11. The Balaban J connectivity index is 2.17. The molecule has 1 aromatic heterocycles. The van der Waals surface area contributed by atoms with Crippen molar-refractivity contribution in [3.63, 3.8) is 0 Å². The van der Waals surface area contributed by atoms with Gasteiger partial charge < -0.3 is 5.32 Å². The molecule has 1 N–H and O–H groups in total. The van der Waals surface area contributed by atoms with Crippen LogP contribution in [0.4, 0.5) is 5.82 Å². The number of nitrogens with one attached hydrogen (secondary N) is 1. The van der Waals surface area contributed by atoms with Crippen LogP contribution in [0.25, 0.3) is 0 Å². The van der Waals surface area contributed by atoms with Gasteiger partial charge in [-0.2, -0.15) is 0 Å². The van der Waals surface area contributed by atoms with Crippen molar-refractivity contribution in [1.29, 1.82) is 0 Å². The van der Waals surface area contributed by atoms with Gasteiger partial charge in [0.05, 0.1) is 0 Å². The molecular formula is C13H21N3S. The molecule has 2 rings (SSSR count). The van der Waals surface area contributed by atoms with Crippen LogP contribution >= 0.6 is 11.8 Å². The monoisotopic (exact) mass is 251 g/mol. The van der Waals surface area contributed by atoms with E-state index in [0.717, 1.165) is 23.2 Å². The number of nitrogens with zero attached hydrogens (tertiary/aromatic N) is 2. The average molecular weight is 251 g/mol. The van der Waals surface area contributed by atoms with Gasteiger partial charge in [-0.3, -0.25) is 0 Å². The van der Waals surface area contributed by atoms with Crippen LogP contribution in [0.2, 0.25) is 0 Å². The molecule has 1 saturated carbocycles. The van der Waals surface area contributed by atoms with Crippen LogP contribution in [-0.4, -0.2) is 21.8 Å². The van der Waals surface area contributed by atoms with Crippen LogP contribution < -0.4 is 5.32 Å². The first-order chi connectivity index (χ1) is 8.22. The molecule has 0 amide bonds. The summed E-state index contributed by atoms with van der Waals surface area (Å²) in [5, 5.41) is 5.03.